The number of benzene rings is 1. The van der Waals surface area contributed by atoms with E-state index in [1.54, 1.807) is 0 Å². The molecular weight excluding hydrogens is 332 g/mol. The van der Waals surface area contributed by atoms with E-state index in [0.717, 1.165) is 49.7 Å². The average Bonchev–Trinajstić information content (AvgIpc) is 3.11. The lowest BCUT2D eigenvalue weighted by Crippen LogP contribution is -2.55. The Kier molecular flexibility index (Phi) is 4.63. The van der Waals surface area contributed by atoms with E-state index < -0.39 is 5.97 Å². The number of H-pyrrole nitrogens is 1. The third kappa shape index (κ3) is 3.07. The van der Waals surface area contributed by atoms with Crippen LogP contribution in [-0.4, -0.2) is 69.2 Å². The molecule has 7 heteroatoms. The summed E-state index contributed by atoms with van der Waals surface area (Å²) < 4.78 is 0. The van der Waals surface area contributed by atoms with Crippen LogP contribution in [0.4, 0.5) is 0 Å². The van der Waals surface area contributed by atoms with Crippen molar-refractivity contribution in [2.45, 2.75) is 31.7 Å². The van der Waals surface area contributed by atoms with E-state index in [1.165, 1.54) is 0 Å². The summed E-state index contributed by atoms with van der Waals surface area (Å²) in [6.45, 7) is 2.68. The van der Waals surface area contributed by atoms with Crippen molar-refractivity contribution < 1.29 is 14.7 Å². The lowest BCUT2D eigenvalue weighted by Gasteiger charge is -2.42. The summed E-state index contributed by atoms with van der Waals surface area (Å²) in [6, 6.07) is 7.73. The molecule has 1 aromatic carbocycles. The van der Waals surface area contributed by atoms with Crippen LogP contribution in [0.3, 0.4) is 0 Å². The van der Waals surface area contributed by atoms with Crippen molar-refractivity contribution in [1.82, 2.24) is 20.0 Å². The Bertz CT molecular complexity index is 810. The number of carboxylic acids is 1. The number of carbonyl (C=O) groups excluding carboxylic acids is 1. The van der Waals surface area contributed by atoms with Crippen molar-refractivity contribution in [2.24, 2.45) is 5.92 Å². The van der Waals surface area contributed by atoms with Crippen molar-refractivity contribution in [3.05, 3.63) is 30.0 Å². The standard InChI is InChI=1S/C19H24N4O3/c24-18(17-13-5-1-3-7-15(13)20-21-17)23-11-9-22(10-12-23)16-8-4-2-6-14(16)19(25)26/h1,3,5,7,14,16H,2,4,6,8-12H2,(H,20,21)(H,25,26). The molecule has 1 aliphatic carbocycles. The molecule has 2 N–H and O–H groups in total. The zero-order valence-electron chi connectivity index (χ0n) is 14.7. The van der Waals surface area contributed by atoms with Gasteiger partial charge < -0.3 is 10.0 Å². The van der Waals surface area contributed by atoms with Gasteiger partial charge in [0, 0.05) is 37.6 Å². The number of amides is 1. The van der Waals surface area contributed by atoms with Crippen LogP contribution < -0.4 is 0 Å². The minimum absolute atomic E-state index is 0.0551. The summed E-state index contributed by atoms with van der Waals surface area (Å²) in [6.07, 6.45) is 3.79. The Morgan fingerprint density at radius 2 is 1.81 bits per heavy atom. The lowest BCUT2D eigenvalue weighted by molar-refractivity contribution is -0.146. The largest absolute Gasteiger partial charge is 0.481 e. The molecule has 2 unspecified atom stereocenters. The van der Waals surface area contributed by atoms with Crippen LogP contribution >= 0.6 is 0 Å². The van der Waals surface area contributed by atoms with Gasteiger partial charge in [0.25, 0.3) is 5.91 Å². The normalized spacial score (nSPS) is 24.7. The van der Waals surface area contributed by atoms with Gasteiger partial charge in [0.15, 0.2) is 5.69 Å². The molecule has 2 aromatic rings. The van der Waals surface area contributed by atoms with Crippen LogP contribution in [-0.2, 0) is 4.79 Å². The molecule has 138 valence electrons. The molecule has 1 amide bonds. The molecule has 4 rings (SSSR count). The van der Waals surface area contributed by atoms with Crippen LogP contribution in [0.15, 0.2) is 24.3 Å². The molecule has 2 heterocycles. The van der Waals surface area contributed by atoms with E-state index in [2.05, 4.69) is 15.1 Å². The fraction of sp³-hybridized carbons (Fsp3) is 0.526. The first-order valence-corrected chi connectivity index (χ1v) is 9.34. The summed E-state index contributed by atoms with van der Waals surface area (Å²) in [5.41, 5.74) is 1.33. The second-order valence-electron chi connectivity index (χ2n) is 7.24. The highest BCUT2D eigenvalue weighted by atomic mass is 16.4. The molecule has 7 nitrogen and oxygen atoms in total. The number of aromatic amines is 1. The Labute approximate surface area is 152 Å². The SMILES string of the molecule is O=C(O)C1CCCCC1N1CCN(C(=O)c2n[nH]c3ccccc23)CC1. The van der Waals surface area contributed by atoms with Gasteiger partial charge >= 0.3 is 5.97 Å². The lowest BCUT2D eigenvalue weighted by atomic mass is 9.83. The van der Waals surface area contributed by atoms with Crippen molar-refractivity contribution in [3.8, 4) is 0 Å². The topological polar surface area (TPSA) is 89.5 Å². The molecule has 1 saturated carbocycles. The first-order valence-electron chi connectivity index (χ1n) is 9.34. The molecule has 2 fully saturated rings. The molecule has 1 aliphatic heterocycles. The van der Waals surface area contributed by atoms with Crippen molar-refractivity contribution in [3.63, 3.8) is 0 Å². The number of nitrogens with zero attached hydrogens (tertiary/aromatic N) is 3. The highest BCUT2D eigenvalue weighted by molar-refractivity contribution is 6.04. The van der Waals surface area contributed by atoms with Gasteiger partial charge in [0.1, 0.15) is 0 Å². The van der Waals surface area contributed by atoms with Gasteiger partial charge in [-0.15, -0.1) is 0 Å². The number of aromatic nitrogens is 2. The number of carboxylic acid groups (broad SMARTS) is 1. The Morgan fingerprint density at radius 1 is 1.08 bits per heavy atom. The highest BCUT2D eigenvalue weighted by Gasteiger charge is 2.36. The third-order valence-electron chi connectivity index (χ3n) is 5.79. The van der Waals surface area contributed by atoms with Crippen molar-refractivity contribution >= 4 is 22.8 Å². The van der Waals surface area contributed by atoms with E-state index in [1.807, 2.05) is 29.2 Å². The predicted molar refractivity (Wildman–Crippen MR) is 97.0 cm³/mol. The highest BCUT2D eigenvalue weighted by Crippen LogP contribution is 2.29. The Hall–Kier alpha value is -2.41. The number of hydrogen-bond acceptors (Lipinski definition) is 4. The van der Waals surface area contributed by atoms with Gasteiger partial charge in [-0.25, -0.2) is 0 Å². The predicted octanol–water partition coefficient (Wildman–Crippen LogP) is 1.96. The number of aliphatic carboxylic acids is 1. The molecular formula is C19H24N4O3. The summed E-state index contributed by atoms with van der Waals surface area (Å²) in [5, 5.41) is 17.5. The molecule has 2 atom stereocenters. The number of nitrogens with one attached hydrogen (secondary N) is 1. The molecule has 1 aromatic heterocycles. The van der Waals surface area contributed by atoms with Crippen LogP contribution in [0.5, 0.6) is 0 Å². The maximum Gasteiger partial charge on any atom is 0.308 e. The zero-order valence-corrected chi connectivity index (χ0v) is 14.7. The zero-order chi connectivity index (χ0) is 18.1. The van der Waals surface area contributed by atoms with E-state index >= 15 is 0 Å². The van der Waals surface area contributed by atoms with Gasteiger partial charge in [0.05, 0.1) is 11.4 Å². The Morgan fingerprint density at radius 3 is 2.58 bits per heavy atom. The third-order valence-corrected chi connectivity index (χ3v) is 5.79. The Balaban J connectivity index is 1.43. The first-order chi connectivity index (χ1) is 12.6. The maximum atomic E-state index is 12.9. The average molecular weight is 356 g/mol. The summed E-state index contributed by atoms with van der Waals surface area (Å²) in [5.74, 6) is -1.02. The molecule has 2 aliphatic rings. The second-order valence-corrected chi connectivity index (χ2v) is 7.24. The number of fused-ring (bicyclic) bond motifs is 1. The summed E-state index contributed by atoms with van der Waals surface area (Å²) in [4.78, 5) is 28.5. The van der Waals surface area contributed by atoms with Gasteiger partial charge in [-0.1, -0.05) is 31.0 Å². The van der Waals surface area contributed by atoms with Crippen LogP contribution in [0.1, 0.15) is 36.2 Å². The number of carbonyl (C=O) groups is 2. The molecule has 0 radical (unpaired) electrons. The smallest absolute Gasteiger partial charge is 0.308 e. The van der Waals surface area contributed by atoms with E-state index in [-0.39, 0.29) is 17.9 Å². The van der Waals surface area contributed by atoms with E-state index in [0.29, 0.717) is 18.8 Å². The fourth-order valence-corrected chi connectivity index (χ4v) is 4.37. The molecule has 0 bridgehead atoms. The minimum Gasteiger partial charge on any atom is -0.481 e. The monoisotopic (exact) mass is 356 g/mol. The van der Waals surface area contributed by atoms with Crippen molar-refractivity contribution in [1.29, 1.82) is 0 Å². The van der Waals surface area contributed by atoms with Gasteiger partial charge in [-0.3, -0.25) is 19.6 Å². The van der Waals surface area contributed by atoms with E-state index in [4.69, 9.17) is 0 Å². The quantitative estimate of drug-likeness (QED) is 0.878. The van der Waals surface area contributed by atoms with Gasteiger partial charge in [-0.05, 0) is 18.9 Å². The van der Waals surface area contributed by atoms with Crippen LogP contribution in [0.2, 0.25) is 0 Å². The van der Waals surface area contributed by atoms with Gasteiger partial charge in [0.2, 0.25) is 0 Å². The van der Waals surface area contributed by atoms with Gasteiger partial charge in [-0.2, -0.15) is 5.10 Å². The first kappa shape index (κ1) is 17.0. The number of para-hydroxylation sites is 1. The molecule has 0 spiro atoms. The number of rotatable bonds is 3. The number of hydrogen-bond donors (Lipinski definition) is 2. The summed E-state index contributed by atoms with van der Waals surface area (Å²) in [7, 11) is 0. The van der Waals surface area contributed by atoms with Crippen LogP contribution in [0, 0.1) is 5.92 Å². The second kappa shape index (κ2) is 7.07. The molecule has 1 saturated heterocycles. The minimum atomic E-state index is -0.684. The van der Waals surface area contributed by atoms with Crippen LogP contribution in [0.25, 0.3) is 10.9 Å². The number of piperazine rings is 1. The molecule has 26 heavy (non-hydrogen) atoms. The van der Waals surface area contributed by atoms with E-state index in [9.17, 15) is 14.7 Å². The summed E-state index contributed by atoms with van der Waals surface area (Å²) >= 11 is 0. The van der Waals surface area contributed by atoms with Crippen molar-refractivity contribution in [2.75, 3.05) is 26.2 Å². The maximum absolute atomic E-state index is 12.9. The fourth-order valence-electron chi connectivity index (χ4n) is 4.37.